The van der Waals surface area contributed by atoms with E-state index in [2.05, 4.69) is 122 Å². The van der Waals surface area contributed by atoms with Gasteiger partial charge in [0.15, 0.2) is 46.5 Å². The van der Waals surface area contributed by atoms with Crippen LogP contribution in [-0.4, -0.2) is 194 Å². The summed E-state index contributed by atoms with van der Waals surface area (Å²) >= 11 is 0. The van der Waals surface area contributed by atoms with Crippen LogP contribution in [0, 0.1) is 17.8 Å². The molecule has 2 unspecified atom stereocenters. The minimum atomic E-state index is -4.46. The van der Waals surface area contributed by atoms with Crippen LogP contribution in [0.2, 0.25) is 0 Å². The summed E-state index contributed by atoms with van der Waals surface area (Å²) in [7, 11) is -3.30. The Morgan fingerprint density at radius 1 is 0.435 bits per heavy atom. The Balaban J connectivity index is 0.000000147. The third-order valence-corrected chi connectivity index (χ3v) is 27.0. The monoisotopic (exact) mass is 1930 g/mol. The molecular weight excluding hydrogens is 1790 g/mol. The number of nitrogens with one attached hydrogen (secondary N) is 4. The summed E-state index contributed by atoms with van der Waals surface area (Å²) < 4.78 is 90.1. The molecule has 2 saturated heterocycles. The van der Waals surface area contributed by atoms with Gasteiger partial charge in [0.25, 0.3) is 0 Å². The lowest BCUT2D eigenvalue weighted by molar-refractivity contribution is -0.137. The molecule has 6 aliphatic heterocycles. The number of nitrogen functional groups attached to an aromatic ring is 4. The van der Waals surface area contributed by atoms with Crippen LogP contribution in [0.1, 0.15) is 226 Å². The maximum atomic E-state index is 13.7. The fourth-order valence-electron chi connectivity index (χ4n) is 18.0. The number of nitrogens with zero attached hydrogens (tertiary/aromatic N) is 16. The summed E-state index contributed by atoms with van der Waals surface area (Å²) in [5, 5.41) is 11.4. The van der Waals surface area contributed by atoms with Crippen molar-refractivity contribution in [3.63, 3.8) is 0 Å². The number of carbonyl (C=O) groups is 5. The molecule has 5 amide bonds. The number of alkyl halides is 3. The highest BCUT2D eigenvalue weighted by molar-refractivity contribution is 7.88. The van der Waals surface area contributed by atoms with Gasteiger partial charge in [-0.2, -0.15) is 57.3 Å². The summed E-state index contributed by atoms with van der Waals surface area (Å²) in [6.45, 7) is 22.8. The van der Waals surface area contributed by atoms with E-state index in [0.717, 1.165) is 151 Å². The normalized spacial score (nSPS) is 17.6. The number of hydrogen-bond acceptors (Lipinski definition) is 29. The highest BCUT2D eigenvalue weighted by atomic mass is 32.2. The molecule has 4 aromatic carbocycles. The van der Waals surface area contributed by atoms with Gasteiger partial charge in [-0.05, 0) is 185 Å². The van der Waals surface area contributed by atoms with Crippen molar-refractivity contribution >= 4 is 109 Å². The van der Waals surface area contributed by atoms with Gasteiger partial charge in [0.2, 0.25) is 39.6 Å². The lowest BCUT2D eigenvalue weighted by atomic mass is 10.0. The second kappa shape index (κ2) is 47.9. The van der Waals surface area contributed by atoms with E-state index in [4.69, 9.17) is 46.9 Å². The maximum Gasteiger partial charge on any atom is 0.416 e. The molecule has 0 bridgehead atoms. The van der Waals surface area contributed by atoms with Crippen molar-refractivity contribution in [2.75, 3.05) is 155 Å². The number of sulfonamides is 1. The van der Waals surface area contributed by atoms with Crippen LogP contribution in [0.15, 0.2) is 91.0 Å². The number of unbranched alkanes of at least 4 members (excludes halogenated alkanes) is 4. The minimum absolute atomic E-state index is 0.0176. The van der Waals surface area contributed by atoms with Crippen molar-refractivity contribution in [1.29, 1.82) is 0 Å². The second-order valence-corrected chi connectivity index (χ2v) is 39.3. The molecule has 2 atom stereocenters. The molecular formula is C99H135F3N24O11S. The van der Waals surface area contributed by atoms with Crippen LogP contribution in [-0.2, 0) is 92.5 Å². The average molecular weight is 1930 g/mol. The maximum absolute atomic E-state index is 13.7. The predicted octanol–water partition coefficient (Wildman–Crippen LogP) is 14.3. The molecule has 138 heavy (non-hydrogen) atoms. The van der Waals surface area contributed by atoms with Gasteiger partial charge in [0.05, 0.1) is 44.2 Å². The summed E-state index contributed by atoms with van der Waals surface area (Å²) in [4.78, 5) is 112. The van der Waals surface area contributed by atoms with Crippen LogP contribution < -0.4 is 82.7 Å². The van der Waals surface area contributed by atoms with Crippen LogP contribution in [0.25, 0.3) is 0 Å². The van der Waals surface area contributed by atoms with E-state index in [1.165, 1.54) is 62.2 Å². The minimum Gasteiger partial charge on any atom is -0.463 e. The van der Waals surface area contributed by atoms with Crippen molar-refractivity contribution in [3.8, 4) is 24.0 Å². The van der Waals surface area contributed by atoms with E-state index in [-0.39, 0.29) is 120 Å². The molecule has 744 valence electrons. The number of halogens is 3. The lowest BCUT2D eigenvalue weighted by Gasteiger charge is -2.32. The van der Waals surface area contributed by atoms with Gasteiger partial charge in [-0.25, -0.2) is 8.42 Å². The fourth-order valence-corrected chi connectivity index (χ4v) is 18.9. The van der Waals surface area contributed by atoms with Gasteiger partial charge in [-0.3, -0.25) is 33.8 Å². The Hall–Kier alpha value is -12.2. The molecule has 0 spiro atoms. The van der Waals surface area contributed by atoms with E-state index < -0.39 is 21.8 Å². The van der Waals surface area contributed by atoms with Gasteiger partial charge in [-0.15, -0.1) is 0 Å². The number of hydrogen-bond donors (Lipinski definition) is 8. The number of ether oxygens (including phenoxy) is 4. The summed E-state index contributed by atoms with van der Waals surface area (Å²) in [6.07, 6.45) is 17.1. The number of anilines is 12. The van der Waals surface area contributed by atoms with E-state index in [9.17, 15) is 45.6 Å². The van der Waals surface area contributed by atoms with Gasteiger partial charge in [0.1, 0.15) is 22.7 Å². The lowest BCUT2D eigenvalue weighted by Crippen LogP contribution is -2.40. The molecule has 8 aromatic rings. The Morgan fingerprint density at radius 3 is 1.20 bits per heavy atom. The van der Waals surface area contributed by atoms with E-state index in [0.29, 0.717) is 155 Å². The standard InChI is InChI=1S/C26H36N6O2.C25H34N6O3.C24H31F3N6O2.C24H34N6O4S/c1-2-3-14-34-26-29-23(27)22-24(30-26)32(21-11-7-10-20(21)25(33)28-22)17-19-9-6-8-18(15-19)16-31-12-4-5-13-31;1-3-4-12-34-25-28-23(26)22-24(29-25)30(11-10-21(33)27-22)15-19-6-5-7-20(13-19)16-31(17(2)32)14-18-8-9-18;1-2-3-10-35-23-30-21(28)20-22(31-23)33(9-6-19(34)29-20)15-17-11-16(14-32-7-4-5-8-32)12-18(13-17)24(25,26)27;1-3-4-12-34-24-27-22(25)21-23(28-24)29(11-10-20(31)26-21)14-18-6-5-7-19(13-18)16-30(35(2,32)33)15-17-8-9-17/h6,8-9,15,20-21H,2-5,7,10-14,16-17H2,1H3,(H,28,33)(H2,27,29,30);5-7,13,18H,3-4,8-12,14-16H2,1-2H3,(H,27,33)(H2,26,28,29);11-13H,2-10,14-15H2,1H3,(H,29,34)(H2,28,30,31);5-7,13,17H,3-4,8-12,14-16H2,1-2H3,(H,26,31)(H2,25,27,28). The Kier molecular flexibility index (Phi) is 35.3. The SMILES string of the molecule is CCCCOc1nc(N)c2c(n1)N(Cc1cc(CN3CCCC3)cc(C(F)(F)F)c1)CCC(=O)N2.CCCCOc1nc(N)c2c(n1)N(Cc1cccc(CN(CC3CC3)C(C)=O)c1)CCC(=O)N2.CCCCOc1nc(N)c2c(n1)N(Cc1cccc(CN(CC3CC3)S(C)(=O)=O)c1)CCC(=O)N2.CCCCOc1nc(N)c2c(n1)N(Cc1cccc(CN3CCCC3)c1)C1CCCC1C(=O)N2. The summed E-state index contributed by atoms with van der Waals surface area (Å²) in [5.41, 5.74) is 33.4. The van der Waals surface area contributed by atoms with Crippen molar-refractivity contribution in [2.45, 2.75) is 240 Å². The number of nitrogens with two attached hydrogens (primary N) is 4. The molecule has 12 N–H and O–H groups in total. The zero-order valence-electron chi connectivity index (χ0n) is 80.4. The average Bonchev–Trinajstić information content (AvgIpc) is 1.58. The van der Waals surface area contributed by atoms with Crippen LogP contribution in [0.4, 0.5) is 82.5 Å². The van der Waals surface area contributed by atoms with Gasteiger partial charge in [0, 0.05) is 117 Å². The molecule has 39 heteroatoms. The number of benzene rings is 4. The van der Waals surface area contributed by atoms with Crippen molar-refractivity contribution in [1.82, 2.24) is 58.9 Å². The molecule has 3 aliphatic carbocycles. The van der Waals surface area contributed by atoms with Crippen molar-refractivity contribution in [3.05, 3.63) is 141 Å². The van der Waals surface area contributed by atoms with Crippen molar-refractivity contribution in [2.24, 2.45) is 17.8 Å². The predicted molar refractivity (Wildman–Crippen MR) is 528 cm³/mol. The second-order valence-electron chi connectivity index (χ2n) is 37.4. The van der Waals surface area contributed by atoms with Gasteiger partial charge >= 0.3 is 30.2 Å². The molecule has 3 saturated carbocycles. The van der Waals surface area contributed by atoms with Crippen LogP contribution in [0.5, 0.6) is 24.0 Å². The first-order chi connectivity index (χ1) is 66.5. The topological polar surface area (TPSA) is 438 Å². The van der Waals surface area contributed by atoms with E-state index in [1.807, 2.05) is 64.1 Å². The number of amides is 5. The zero-order valence-corrected chi connectivity index (χ0v) is 81.2. The Labute approximate surface area is 806 Å². The molecule has 17 rings (SSSR count). The highest BCUT2D eigenvalue weighted by Gasteiger charge is 2.43. The number of aromatic nitrogens is 8. The molecule has 9 aliphatic rings. The quantitative estimate of drug-likeness (QED) is 0.0168. The summed E-state index contributed by atoms with van der Waals surface area (Å²) in [6, 6.07) is 29.9. The fraction of sp³-hybridized carbons (Fsp3) is 0.545. The largest absolute Gasteiger partial charge is 0.463 e. The number of fused-ring (bicyclic) bond motifs is 5. The number of carbonyl (C=O) groups excluding carboxylic acids is 5. The van der Waals surface area contributed by atoms with Crippen LogP contribution >= 0.6 is 0 Å². The summed E-state index contributed by atoms with van der Waals surface area (Å²) in [5.74, 6) is 3.39. The third-order valence-electron chi connectivity index (χ3n) is 25.8. The third kappa shape index (κ3) is 28.7. The van der Waals surface area contributed by atoms with Crippen LogP contribution in [0.3, 0.4) is 0 Å². The van der Waals surface area contributed by atoms with Crippen molar-refractivity contribution < 1.29 is 64.5 Å². The first-order valence-electron chi connectivity index (χ1n) is 49.0. The first kappa shape index (κ1) is 102. The number of likely N-dealkylation sites (tertiary alicyclic amines) is 2. The van der Waals surface area contributed by atoms with Gasteiger partial charge < -0.3 is 87.6 Å². The van der Waals surface area contributed by atoms with E-state index in [1.54, 1.807) is 22.2 Å². The van der Waals surface area contributed by atoms with E-state index >= 15 is 0 Å². The smallest absolute Gasteiger partial charge is 0.416 e. The Morgan fingerprint density at radius 2 is 0.790 bits per heavy atom. The molecule has 35 nitrogen and oxygen atoms in total. The van der Waals surface area contributed by atoms with Gasteiger partial charge in [-0.1, -0.05) is 139 Å². The zero-order chi connectivity index (χ0) is 97.6. The Bertz CT molecular complexity index is 5650. The molecule has 10 heterocycles. The molecule has 4 aromatic heterocycles. The molecule has 0 radical (unpaired) electrons. The number of rotatable bonds is 37. The highest BCUT2D eigenvalue weighted by Crippen LogP contribution is 2.45. The molecule has 5 fully saturated rings. The first-order valence-corrected chi connectivity index (χ1v) is 50.9.